The predicted octanol–water partition coefficient (Wildman–Crippen LogP) is 2.06. The molecule has 1 aromatic heterocycles. The molecule has 0 aromatic carbocycles. The Kier molecular flexibility index (Phi) is 2.77. The fourth-order valence-corrected chi connectivity index (χ4v) is 1.60. The van der Waals surface area contributed by atoms with E-state index in [2.05, 4.69) is 9.98 Å². The Balaban J connectivity index is 2.19. The van der Waals surface area contributed by atoms with Crippen molar-refractivity contribution in [3.8, 4) is 5.88 Å². The number of ether oxygens (including phenoxy) is 1. The molecule has 0 saturated heterocycles. The summed E-state index contributed by atoms with van der Waals surface area (Å²) in [6, 6.07) is 3.91. The average Bonchev–Trinajstić information content (AvgIpc) is 2.30. The van der Waals surface area contributed by atoms with Crippen molar-refractivity contribution < 1.29 is 4.74 Å². The highest BCUT2D eigenvalue weighted by Gasteiger charge is 2.07. The number of methoxy groups -OCH3 is 1. The van der Waals surface area contributed by atoms with Crippen LogP contribution in [0.3, 0.4) is 0 Å². The van der Waals surface area contributed by atoms with Crippen LogP contribution in [0.15, 0.2) is 23.3 Å². The van der Waals surface area contributed by atoms with Gasteiger partial charge in [-0.05, 0) is 25.3 Å². The minimum atomic E-state index is 0.658. The van der Waals surface area contributed by atoms with E-state index in [0.29, 0.717) is 5.88 Å². The number of nitrogens with zero attached hydrogens (tertiary/aromatic N) is 2. The van der Waals surface area contributed by atoms with Crippen LogP contribution in [-0.4, -0.2) is 24.4 Å². The van der Waals surface area contributed by atoms with E-state index >= 15 is 0 Å². The van der Waals surface area contributed by atoms with Gasteiger partial charge in [0.2, 0.25) is 5.88 Å². The molecule has 0 bridgehead atoms. The normalized spacial score (nSPS) is 16.2. The lowest BCUT2D eigenvalue weighted by molar-refractivity contribution is 0.398. The Labute approximate surface area is 83.8 Å². The summed E-state index contributed by atoms with van der Waals surface area (Å²) in [6.07, 6.45) is 5.37. The molecular weight excluding hydrogens is 176 g/mol. The number of aromatic nitrogens is 1. The maximum atomic E-state index is 5.01. The maximum absolute atomic E-state index is 5.01. The van der Waals surface area contributed by atoms with E-state index in [4.69, 9.17) is 4.74 Å². The van der Waals surface area contributed by atoms with E-state index in [1.807, 2.05) is 18.3 Å². The van der Waals surface area contributed by atoms with Crippen LogP contribution in [0.25, 0.3) is 0 Å². The third-order valence-electron chi connectivity index (χ3n) is 2.40. The van der Waals surface area contributed by atoms with Crippen molar-refractivity contribution in [1.29, 1.82) is 0 Å². The summed E-state index contributed by atoms with van der Waals surface area (Å²) in [4.78, 5) is 8.66. The molecular formula is C11H14N2O. The van der Waals surface area contributed by atoms with Gasteiger partial charge in [0.1, 0.15) is 0 Å². The fourth-order valence-electron chi connectivity index (χ4n) is 1.60. The summed E-state index contributed by atoms with van der Waals surface area (Å²) >= 11 is 0. The van der Waals surface area contributed by atoms with Crippen molar-refractivity contribution in [3.63, 3.8) is 0 Å². The van der Waals surface area contributed by atoms with Gasteiger partial charge in [-0.25, -0.2) is 4.98 Å². The van der Waals surface area contributed by atoms with Crippen molar-refractivity contribution in [2.45, 2.75) is 19.3 Å². The van der Waals surface area contributed by atoms with Crippen LogP contribution in [0, 0.1) is 0 Å². The van der Waals surface area contributed by atoms with Crippen molar-refractivity contribution in [2.75, 3.05) is 13.7 Å². The third-order valence-corrected chi connectivity index (χ3v) is 2.40. The Hall–Kier alpha value is -1.38. The smallest absolute Gasteiger partial charge is 0.212 e. The second-order valence-corrected chi connectivity index (χ2v) is 3.37. The topological polar surface area (TPSA) is 34.5 Å². The van der Waals surface area contributed by atoms with Gasteiger partial charge in [-0.3, -0.25) is 4.99 Å². The number of pyridine rings is 1. The minimum absolute atomic E-state index is 0.658. The molecule has 0 radical (unpaired) electrons. The lowest BCUT2D eigenvalue weighted by Crippen LogP contribution is -2.07. The zero-order valence-electron chi connectivity index (χ0n) is 8.36. The summed E-state index contributed by atoms with van der Waals surface area (Å²) < 4.78 is 5.01. The molecule has 0 atom stereocenters. The van der Waals surface area contributed by atoms with Crippen molar-refractivity contribution >= 4 is 5.71 Å². The molecule has 1 aliphatic rings. The SMILES string of the molecule is COc1ccc(C2=NCCCC2)cn1. The molecule has 1 aromatic rings. The van der Waals surface area contributed by atoms with E-state index < -0.39 is 0 Å². The highest BCUT2D eigenvalue weighted by atomic mass is 16.5. The summed E-state index contributed by atoms with van der Waals surface area (Å²) in [5.74, 6) is 0.658. The predicted molar refractivity (Wildman–Crippen MR) is 56.0 cm³/mol. The standard InChI is InChI=1S/C11H14N2O/c1-14-11-6-5-9(8-13-11)10-4-2-3-7-12-10/h5-6,8H,2-4,7H2,1H3. The first-order valence-corrected chi connectivity index (χ1v) is 4.94. The monoisotopic (exact) mass is 190 g/mol. The highest BCUT2D eigenvalue weighted by molar-refractivity contribution is 6.00. The van der Waals surface area contributed by atoms with Gasteiger partial charge in [-0.1, -0.05) is 0 Å². The van der Waals surface area contributed by atoms with Crippen LogP contribution in [-0.2, 0) is 0 Å². The van der Waals surface area contributed by atoms with E-state index in [1.54, 1.807) is 7.11 Å². The molecule has 74 valence electrons. The summed E-state index contributed by atoms with van der Waals surface area (Å²) in [6.45, 7) is 0.960. The Morgan fingerprint density at radius 2 is 2.21 bits per heavy atom. The molecule has 0 amide bonds. The fraction of sp³-hybridized carbons (Fsp3) is 0.455. The van der Waals surface area contributed by atoms with Crippen LogP contribution in [0.1, 0.15) is 24.8 Å². The second kappa shape index (κ2) is 4.22. The highest BCUT2D eigenvalue weighted by Crippen LogP contribution is 2.14. The largest absolute Gasteiger partial charge is 0.481 e. The van der Waals surface area contributed by atoms with Crippen LogP contribution in [0.2, 0.25) is 0 Å². The van der Waals surface area contributed by atoms with Gasteiger partial charge in [-0.2, -0.15) is 0 Å². The molecule has 0 N–H and O–H groups in total. The van der Waals surface area contributed by atoms with Crippen LogP contribution in [0.4, 0.5) is 0 Å². The first-order chi connectivity index (χ1) is 6.90. The molecule has 0 aliphatic carbocycles. The van der Waals surface area contributed by atoms with E-state index in [9.17, 15) is 0 Å². The van der Waals surface area contributed by atoms with E-state index in [-0.39, 0.29) is 0 Å². The third kappa shape index (κ3) is 1.92. The second-order valence-electron chi connectivity index (χ2n) is 3.37. The van der Waals surface area contributed by atoms with Crippen LogP contribution in [0.5, 0.6) is 5.88 Å². The quantitative estimate of drug-likeness (QED) is 0.715. The van der Waals surface area contributed by atoms with Crippen LogP contribution >= 0.6 is 0 Å². The lowest BCUT2D eigenvalue weighted by atomic mass is 10.0. The summed E-state index contributed by atoms with van der Waals surface area (Å²) in [7, 11) is 1.63. The first-order valence-electron chi connectivity index (χ1n) is 4.94. The summed E-state index contributed by atoms with van der Waals surface area (Å²) in [5.41, 5.74) is 2.32. The van der Waals surface area contributed by atoms with Crippen molar-refractivity contribution in [1.82, 2.24) is 4.98 Å². The first kappa shape index (κ1) is 9.19. The number of aliphatic imine (C=N–C) groups is 1. The Morgan fingerprint density at radius 3 is 2.79 bits per heavy atom. The number of rotatable bonds is 2. The Bertz CT molecular complexity index is 330. The number of hydrogen-bond donors (Lipinski definition) is 0. The Morgan fingerprint density at radius 1 is 1.29 bits per heavy atom. The van der Waals surface area contributed by atoms with Crippen molar-refractivity contribution in [2.24, 2.45) is 4.99 Å². The molecule has 2 rings (SSSR count). The molecule has 0 saturated carbocycles. The molecule has 2 heterocycles. The van der Waals surface area contributed by atoms with Crippen LogP contribution < -0.4 is 4.74 Å². The van der Waals surface area contributed by atoms with Gasteiger partial charge in [0.05, 0.1) is 7.11 Å². The molecule has 3 nitrogen and oxygen atoms in total. The molecule has 0 spiro atoms. The maximum Gasteiger partial charge on any atom is 0.212 e. The average molecular weight is 190 g/mol. The minimum Gasteiger partial charge on any atom is -0.481 e. The molecule has 3 heteroatoms. The van der Waals surface area contributed by atoms with E-state index in [0.717, 1.165) is 18.5 Å². The zero-order valence-corrected chi connectivity index (χ0v) is 8.36. The number of hydrogen-bond acceptors (Lipinski definition) is 3. The van der Waals surface area contributed by atoms with Gasteiger partial charge in [-0.15, -0.1) is 0 Å². The van der Waals surface area contributed by atoms with E-state index in [1.165, 1.54) is 18.6 Å². The molecule has 0 fully saturated rings. The zero-order chi connectivity index (χ0) is 9.80. The van der Waals surface area contributed by atoms with Crippen molar-refractivity contribution in [3.05, 3.63) is 23.9 Å². The van der Waals surface area contributed by atoms with Gasteiger partial charge in [0.15, 0.2) is 0 Å². The summed E-state index contributed by atoms with van der Waals surface area (Å²) in [5, 5.41) is 0. The molecule has 1 aliphatic heterocycles. The molecule has 0 unspecified atom stereocenters. The van der Waals surface area contributed by atoms with Gasteiger partial charge < -0.3 is 4.74 Å². The van der Waals surface area contributed by atoms with Gasteiger partial charge >= 0.3 is 0 Å². The van der Waals surface area contributed by atoms with Gasteiger partial charge in [0, 0.05) is 30.1 Å². The molecule has 14 heavy (non-hydrogen) atoms. The lowest BCUT2D eigenvalue weighted by Gasteiger charge is -2.11. The van der Waals surface area contributed by atoms with Gasteiger partial charge in [0.25, 0.3) is 0 Å².